The van der Waals surface area contributed by atoms with Crippen LogP contribution in [-0.2, 0) is 0 Å². The van der Waals surface area contributed by atoms with Gasteiger partial charge in [-0.2, -0.15) is 0 Å². The average Bonchev–Trinajstić information content (AvgIpc) is 2.34. The second-order valence-corrected chi connectivity index (χ2v) is 2.78. The predicted molar refractivity (Wildman–Crippen MR) is 37.0 cm³/mol. The van der Waals surface area contributed by atoms with E-state index in [1.54, 1.807) is 5.38 Å². The van der Waals surface area contributed by atoms with Crippen molar-refractivity contribution in [2.75, 3.05) is 13.2 Å². The van der Waals surface area contributed by atoms with E-state index in [9.17, 15) is 0 Å². The molecule has 1 aromatic heterocycles. The fourth-order valence-corrected chi connectivity index (χ4v) is 1.58. The summed E-state index contributed by atoms with van der Waals surface area (Å²) in [6.45, 7) is 1.10. The molecule has 0 aromatic carbocycles. The minimum atomic E-state index is 0.180. The quantitative estimate of drug-likeness (QED) is 0.617. The topological polar surface area (TPSA) is 38.7 Å². The lowest BCUT2D eigenvalue weighted by molar-refractivity contribution is 0.172. The molecule has 0 saturated heterocycles. The van der Waals surface area contributed by atoms with Crippen LogP contribution in [0, 0.1) is 0 Å². The Kier molecular flexibility index (Phi) is 1.20. The summed E-state index contributed by atoms with van der Waals surface area (Å²) in [4.78, 5) is 0. The van der Waals surface area contributed by atoms with Gasteiger partial charge in [-0.25, -0.2) is 0 Å². The van der Waals surface area contributed by atoms with Crippen LogP contribution < -0.4 is 9.47 Å². The Morgan fingerprint density at radius 1 is 1.40 bits per heavy atom. The van der Waals surface area contributed by atoms with Crippen molar-refractivity contribution in [3.05, 3.63) is 5.38 Å². The number of thiophene rings is 1. The molecule has 0 bridgehead atoms. The molecule has 0 aliphatic carbocycles. The zero-order valence-electron chi connectivity index (χ0n) is 5.16. The van der Waals surface area contributed by atoms with Crippen molar-refractivity contribution in [2.45, 2.75) is 0 Å². The highest BCUT2D eigenvalue weighted by atomic mass is 32.1. The van der Waals surface area contributed by atoms with Crippen LogP contribution >= 0.6 is 11.3 Å². The van der Waals surface area contributed by atoms with Crippen LogP contribution in [0.1, 0.15) is 0 Å². The smallest absolute Gasteiger partial charge is 0.221 e. The zero-order valence-corrected chi connectivity index (χ0v) is 5.98. The van der Waals surface area contributed by atoms with Crippen molar-refractivity contribution >= 4 is 11.3 Å². The van der Waals surface area contributed by atoms with E-state index < -0.39 is 0 Å². The van der Waals surface area contributed by atoms with Crippen molar-refractivity contribution in [1.82, 2.24) is 0 Å². The van der Waals surface area contributed by atoms with Gasteiger partial charge in [0.1, 0.15) is 13.2 Å². The van der Waals surface area contributed by atoms with Crippen LogP contribution in [0.4, 0.5) is 0 Å². The molecule has 0 radical (unpaired) electrons. The van der Waals surface area contributed by atoms with E-state index in [1.165, 1.54) is 11.3 Å². The molecule has 1 aliphatic heterocycles. The summed E-state index contributed by atoms with van der Waals surface area (Å²) in [6, 6.07) is 0. The molecule has 54 valence electrons. The van der Waals surface area contributed by atoms with Crippen molar-refractivity contribution in [3.8, 4) is 16.6 Å². The molecule has 0 atom stereocenters. The number of hydrogen-bond acceptors (Lipinski definition) is 4. The monoisotopic (exact) mass is 158 g/mol. The van der Waals surface area contributed by atoms with Crippen molar-refractivity contribution < 1.29 is 14.6 Å². The predicted octanol–water partition coefficient (Wildman–Crippen LogP) is 1.22. The Labute approximate surface area is 61.8 Å². The molecule has 4 heteroatoms. The largest absolute Gasteiger partial charge is 0.504 e. The normalized spacial score (nSPS) is 15.2. The van der Waals surface area contributed by atoms with E-state index in [-0.39, 0.29) is 5.75 Å². The first kappa shape index (κ1) is 5.85. The van der Waals surface area contributed by atoms with Crippen LogP contribution in [0.5, 0.6) is 16.6 Å². The number of rotatable bonds is 0. The molecule has 2 heterocycles. The van der Waals surface area contributed by atoms with Gasteiger partial charge < -0.3 is 14.6 Å². The first-order valence-electron chi connectivity index (χ1n) is 2.94. The molecule has 10 heavy (non-hydrogen) atoms. The van der Waals surface area contributed by atoms with Crippen LogP contribution in [0.25, 0.3) is 0 Å². The molecule has 1 aliphatic rings. The molecule has 0 fully saturated rings. The summed E-state index contributed by atoms with van der Waals surface area (Å²) in [6.07, 6.45) is 0. The second-order valence-electron chi connectivity index (χ2n) is 1.93. The molecule has 3 nitrogen and oxygen atoms in total. The maximum absolute atomic E-state index is 9.10. The summed E-state index contributed by atoms with van der Waals surface area (Å²) in [5.41, 5.74) is 0. The van der Waals surface area contributed by atoms with Gasteiger partial charge in [-0.15, -0.1) is 0 Å². The van der Waals surface area contributed by atoms with Gasteiger partial charge >= 0.3 is 0 Å². The van der Waals surface area contributed by atoms with Crippen LogP contribution in [-0.4, -0.2) is 18.3 Å². The van der Waals surface area contributed by atoms with Gasteiger partial charge in [0.15, 0.2) is 5.75 Å². The Hall–Kier alpha value is -0.900. The van der Waals surface area contributed by atoms with Crippen molar-refractivity contribution in [1.29, 1.82) is 0 Å². The van der Waals surface area contributed by atoms with Gasteiger partial charge in [0.2, 0.25) is 10.8 Å². The second kappa shape index (κ2) is 2.05. The Bertz CT molecular complexity index is 243. The van der Waals surface area contributed by atoms with E-state index in [2.05, 4.69) is 0 Å². The van der Waals surface area contributed by atoms with E-state index in [0.717, 1.165) is 0 Å². The highest BCUT2D eigenvalue weighted by Crippen LogP contribution is 2.44. The Morgan fingerprint density at radius 3 is 3.00 bits per heavy atom. The number of ether oxygens (including phenoxy) is 2. The fraction of sp³-hybridized carbons (Fsp3) is 0.333. The minimum absolute atomic E-state index is 0.180. The average molecular weight is 158 g/mol. The maximum Gasteiger partial charge on any atom is 0.221 e. The maximum atomic E-state index is 9.10. The molecule has 0 spiro atoms. The standard InChI is InChI=1S/C6H6O3S/c7-4-3-10-6-5(4)8-1-2-9-6/h3,7H,1-2H2. The Balaban J connectivity index is 2.45. The SMILES string of the molecule is Oc1csc2c1OCCO2. The lowest BCUT2D eigenvalue weighted by Gasteiger charge is -2.13. The number of fused-ring (bicyclic) bond motifs is 1. The lowest BCUT2D eigenvalue weighted by atomic mass is 10.5. The van der Waals surface area contributed by atoms with Crippen molar-refractivity contribution in [2.24, 2.45) is 0 Å². The lowest BCUT2D eigenvalue weighted by Crippen LogP contribution is -2.13. The molecule has 2 rings (SSSR count). The minimum Gasteiger partial charge on any atom is -0.504 e. The molecule has 0 saturated carbocycles. The summed E-state index contributed by atoms with van der Waals surface area (Å²) in [7, 11) is 0. The molecule has 0 unspecified atom stereocenters. The van der Waals surface area contributed by atoms with E-state index in [0.29, 0.717) is 24.0 Å². The Morgan fingerprint density at radius 2 is 2.20 bits per heavy atom. The van der Waals surface area contributed by atoms with Gasteiger partial charge in [0.25, 0.3) is 0 Å². The summed E-state index contributed by atoms with van der Waals surface area (Å²) < 4.78 is 10.3. The fourth-order valence-electron chi connectivity index (χ4n) is 0.831. The molecule has 1 aromatic rings. The third kappa shape index (κ3) is 0.724. The van der Waals surface area contributed by atoms with Crippen LogP contribution in [0.3, 0.4) is 0 Å². The van der Waals surface area contributed by atoms with E-state index in [1.807, 2.05) is 0 Å². The van der Waals surface area contributed by atoms with E-state index >= 15 is 0 Å². The van der Waals surface area contributed by atoms with Crippen LogP contribution in [0.2, 0.25) is 0 Å². The third-order valence-electron chi connectivity index (χ3n) is 1.26. The number of aromatic hydroxyl groups is 1. The van der Waals surface area contributed by atoms with E-state index in [4.69, 9.17) is 14.6 Å². The van der Waals surface area contributed by atoms with Gasteiger partial charge in [0, 0.05) is 5.38 Å². The van der Waals surface area contributed by atoms with Crippen LogP contribution in [0.15, 0.2) is 5.38 Å². The van der Waals surface area contributed by atoms with Gasteiger partial charge in [-0.3, -0.25) is 0 Å². The zero-order chi connectivity index (χ0) is 6.97. The highest BCUT2D eigenvalue weighted by Gasteiger charge is 2.17. The third-order valence-corrected chi connectivity index (χ3v) is 2.12. The van der Waals surface area contributed by atoms with Gasteiger partial charge in [0.05, 0.1) is 0 Å². The number of hydrogen-bond donors (Lipinski definition) is 1. The molecule has 1 N–H and O–H groups in total. The molecule has 0 amide bonds. The summed E-state index contributed by atoms with van der Waals surface area (Å²) >= 11 is 1.35. The van der Waals surface area contributed by atoms with Gasteiger partial charge in [-0.05, 0) is 0 Å². The van der Waals surface area contributed by atoms with Crippen molar-refractivity contribution in [3.63, 3.8) is 0 Å². The van der Waals surface area contributed by atoms with Gasteiger partial charge in [-0.1, -0.05) is 11.3 Å². The summed E-state index contributed by atoms with van der Waals surface area (Å²) in [5.74, 6) is 0.677. The highest BCUT2D eigenvalue weighted by molar-refractivity contribution is 7.12. The first-order valence-corrected chi connectivity index (χ1v) is 3.82. The summed E-state index contributed by atoms with van der Waals surface area (Å²) in [5, 5.41) is 11.4. The first-order chi connectivity index (χ1) is 4.88. The molecular formula is C6H6O3S. The molecular weight excluding hydrogens is 152 g/mol.